The van der Waals surface area contributed by atoms with Crippen molar-refractivity contribution in [2.75, 3.05) is 6.54 Å². The molecule has 1 fully saturated rings. The van der Waals surface area contributed by atoms with Gasteiger partial charge in [0.2, 0.25) is 17.7 Å². The van der Waals surface area contributed by atoms with Crippen molar-refractivity contribution in [3.63, 3.8) is 0 Å². The van der Waals surface area contributed by atoms with Crippen LogP contribution in [-0.2, 0) is 19.1 Å². The van der Waals surface area contributed by atoms with Gasteiger partial charge in [-0.25, -0.2) is 4.79 Å². The summed E-state index contributed by atoms with van der Waals surface area (Å²) in [6.45, 7) is 5.88. The van der Waals surface area contributed by atoms with Crippen LogP contribution in [0.4, 0.5) is 0 Å². The molecule has 13 heteroatoms. The van der Waals surface area contributed by atoms with Gasteiger partial charge in [-0.15, -0.1) is 0 Å². The SMILES string of the molecule is Cc1cn([C@H]2C[C@H](O)[C@@H](CNC(=O)[C@H](C)NC(=O)[C@H](C)NC(=O)[C@H](C)N)O2)c(=O)[nH]c1=O. The molecule has 0 bridgehead atoms. The van der Waals surface area contributed by atoms with Gasteiger partial charge < -0.3 is 31.5 Å². The van der Waals surface area contributed by atoms with Gasteiger partial charge in [-0.3, -0.25) is 28.7 Å². The first kappa shape index (κ1) is 25.2. The van der Waals surface area contributed by atoms with Gasteiger partial charge in [0.15, 0.2) is 0 Å². The molecule has 178 valence electrons. The molecule has 6 atom stereocenters. The zero-order valence-electron chi connectivity index (χ0n) is 18.4. The first-order chi connectivity index (χ1) is 14.9. The smallest absolute Gasteiger partial charge is 0.330 e. The Morgan fingerprint density at radius 1 is 1.19 bits per heavy atom. The van der Waals surface area contributed by atoms with Gasteiger partial charge in [-0.2, -0.15) is 0 Å². The van der Waals surface area contributed by atoms with Crippen molar-refractivity contribution in [2.24, 2.45) is 5.73 Å². The number of aryl methyl sites for hydroxylation is 1. The number of nitrogens with two attached hydrogens (primary N) is 1. The van der Waals surface area contributed by atoms with Gasteiger partial charge in [0.25, 0.3) is 5.56 Å². The number of hydrogen-bond acceptors (Lipinski definition) is 8. The van der Waals surface area contributed by atoms with Crippen molar-refractivity contribution >= 4 is 17.7 Å². The Labute approximate surface area is 183 Å². The van der Waals surface area contributed by atoms with Crippen LogP contribution in [0.25, 0.3) is 0 Å². The number of nitrogens with zero attached hydrogens (tertiary/aromatic N) is 1. The Morgan fingerprint density at radius 3 is 2.41 bits per heavy atom. The second kappa shape index (κ2) is 10.5. The maximum Gasteiger partial charge on any atom is 0.330 e. The third kappa shape index (κ3) is 6.24. The van der Waals surface area contributed by atoms with Gasteiger partial charge in [0.05, 0.1) is 12.1 Å². The van der Waals surface area contributed by atoms with Crippen molar-refractivity contribution in [1.29, 1.82) is 0 Å². The summed E-state index contributed by atoms with van der Waals surface area (Å²) in [6, 6.07) is -2.58. The van der Waals surface area contributed by atoms with Crippen LogP contribution in [-0.4, -0.2) is 69.3 Å². The van der Waals surface area contributed by atoms with Gasteiger partial charge in [0, 0.05) is 24.7 Å². The number of aliphatic hydroxyl groups excluding tert-OH is 1. The van der Waals surface area contributed by atoms with E-state index in [1.807, 2.05) is 0 Å². The van der Waals surface area contributed by atoms with Crippen LogP contribution in [0.1, 0.15) is 39.0 Å². The normalized spacial score (nSPS) is 23.1. The summed E-state index contributed by atoms with van der Waals surface area (Å²) in [5, 5.41) is 17.7. The van der Waals surface area contributed by atoms with Gasteiger partial charge >= 0.3 is 5.69 Å². The van der Waals surface area contributed by atoms with E-state index in [4.69, 9.17) is 10.5 Å². The molecule has 3 amide bonds. The first-order valence-electron chi connectivity index (χ1n) is 10.2. The van der Waals surface area contributed by atoms with Crippen molar-refractivity contribution in [2.45, 2.75) is 70.7 Å². The van der Waals surface area contributed by atoms with Gasteiger partial charge in [-0.1, -0.05) is 0 Å². The molecule has 7 N–H and O–H groups in total. The molecule has 1 aromatic rings. The van der Waals surface area contributed by atoms with E-state index >= 15 is 0 Å². The highest BCUT2D eigenvalue weighted by molar-refractivity contribution is 5.92. The van der Waals surface area contributed by atoms with Gasteiger partial charge in [0.1, 0.15) is 24.4 Å². The lowest BCUT2D eigenvalue weighted by atomic mass is 10.1. The molecular formula is C19H30N6O7. The quantitative estimate of drug-likeness (QED) is 0.238. The van der Waals surface area contributed by atoms with E-state index in [-0.39, 0.29) is 13.0 Å². The molecule has 0 unspecified atom stereocenters. The summed E-state index contributed by atoms with van der Waals surface area (Å²) in [4.78, 5) is 61.7. The average molecular weight is 454 g/mol. The average Bonchev–Trinajstić information content (AvgIpc) is 3.08. The zero-order valence-corrected chi connectivity index (χ0v) is 18.4. The number of H-pyrrole nitrogens is 1. The topological polar surface area (TPSA) is 198 Å². The maximum atomic E-state index is 12.3. The molecule has 32 heavy (non-hydrogen) atoms. The van der Waals surface area contributed by atoms with Crippen LogP contribution in [0, 0.1) is 6.92 Å². The Kier molecular flexibility index (Phi) is 8.30. The third-order valence-electron chi connectivity index (χ3n) is 5.06. The van der Waals surface area contributed by atoms with E-state index in [0.717, 1.165) is 0 Å². The molecule has 13 nitrogen and oxygen atoms in total. The molecule has 2 rings (SSSR count). The van der Waals surface area contributed by atoms with Crippen LogP contribution in [0.5, 0.6) is 0 Å². The number of ether oxygens (including phenoxy) is 1. The van der Waals surface area contributed by atoms with Crippen molar-refractivity contribution in [3.8, 4) is 0 Å². The largest absolute Gasteiger partial charge is 0.390 e. The lowest BCUT2D eigenvalue weighted by molar-refractivity contribution is -0.132. The number of rotatable bonds is 8. The predicted octanol–water partition coefficient (Wildman–Crippen LogP) is -3.03. The van der Waals surface area contributed by atoms with Crippen molar-refractivity contribution in [1.82, 2.24) is 25.5 Å². The monoisotopic (exact) mass is 454 g/mol. The van der Waals surface area contributed by atoms with Crippen molar-refractivity contribution in [3.05, 3.63) is 32.6 Å². The third-order valence-corrected chi connectivity index (χ3v) is 5.06. The molecule has 2 heterocycles. The summed E-state index contributed by atoms with van der Waals surface area (Å²) in [5.74, 6) is -1.59. The highest BCUT2D eigenvalue weighted by Gasteiger charge is 2.36. The molecular weight excluding hydrogens is 424 g/mol. The van der Waals surface area contributed by atoms with Crippen LogP contribution in [0.2, 0.25) is 0 Å². The fourth-order valence-corrected chi connectivity index (χ4v) is 3.04. The van der Waals surface area contributed by atoms with E-state index in [1.165, 1.54) is 38.5 Å². The number of carbonyl (C=O) groups excluding carboxylic acids is 3. The highest BCUT2D eigenvalue weighted by Crippen LogP contribution is 2.27. The maximum absolute atomic E-state index is 12.3. The minimum absolute atomic E-state index is 0.0647. The van der Waals surface area contributed by atoms with Crippen molar-refractivity contribution < 1.29 is 24.2 Å². The fraction of sp³-hybridized carbons (Fsp3) is 0.632. The molecule has 0 radical (unpaired) electrons. The van der Waals surface area contributed by atoms with Crippen LogP contribution in [0.3, 0.4) is 0 Å². The Morgan fingerprint density at radius 2 is 1.78 bits per heavy atom. The van der Waals surface area contributed by atoms with Crippen LogP contribution < -0.4 is 32.9 Å². The Hall–Kier alpha value is -3.03. The van der Waals surface area contributed by atoms with Gasteiger partial charge in [-0.05, 0) is 27.7 Å². The molecule has 1 saturated heterocycles. The highest BCUT2D eigenvalue weighted by atomic mass is 16.5. The van der Waals surface area contributed by atoms with E-state index in [9.17, 15) is 29.1 Å². The van der Waals surface area contributed by atoms with E-state index < -0.39 is 65.5 Å². The molecule has 0 aliphatic carbocycles. The Balaban J connectivity index is 1.88. The number of amides is 3. The summed E-state index contributed by atoms with van der Waals surface area (Å²) in [5.41, 5.74) is 4.59. The second-order valence-corrected chi connectivity index (χ2v) is 7.91. The molecule has 0 spiro atoms. The number of nitrogens with one attached hydrogen (secondary N) is 4. The summed E-state index contributed by atoms with van der Waals surface area (Å²) in [6.07, 6.45) is -1.12. The van der Waals surface area contributed by atoms with E-state index in [2.05, 4.69) is 20.9 Å². The summed E-state index contributed by atoms with van der Waals surface area (Å²) >= 11 is 0. The van der Waals surface area contributed by atoms with E-state index in [0.29, 0.717) is 5.56 Å². The number of carbonyl (C=O) groups is 3. The fourth-order valence-electron chi connectivity index (χ4n) is 3.04. The molecule has 0 aromatic carbocycles. The minimum atomic E-state index is -0.960. The number of aromatic amines is 1. The summed E-state index contributed by atoms with van der Waals surface area (Å²) in [7, 11) is 0. The minimum Gasteiger partial charge on any atom is -0.390 e. The van der Waals surface area contributed by atoms with Crippen LogP contribution in [0.15, 0.2) is 15.8 Å². The summed E-state index contributed by atoms with van der Waals surface area (Å²) < 4.78 is 6.86. The Bertz CT molecular complexity index is 972. The second-order valence-electron chi connectivity index (χ2n) is 7.91. The lowest BCUT2D eigenvalue weighted by Gasteiger charge is -2.21. The molecule has 1 aromatic heterocycles. The van der Waals surface area contributed by atoms with E-state index in [1.54, 1.807) is 0 Å². The first-order valence-corrected chi connectivity index (χ1v) is 10.2. The lowest BCUT2D eigenvalue weighted by Crippen LogP contribution is -2.54. The molecule has 1 aliphatic rings. The molecule has 0 saturated carbocycles. The van der Waals surface area contributed by atoms with Crippen LogP contribution >= 0.6 is 0 Å². The zero-order chi connectivity index (χ0) is 24.2. The standard InChI is InChI=1S/C19H30N6O7/c1-8-7-25(19(31)24-15(8)27)14-5-12(26)13(32-14)6-21-17(29)10(3)23-18(30)11(4)22-16(28)9(2)20/h7,9-14,26H,5-6,20H2,1-4H3,(H,21,29)(H,22,28)(H,23,30)(H,24,27,31)/t9-,10-,11-,12-,13+,14+/m0/s1. The number of aliphatic hydroxyl groups is 1. The number of aromatic nitrogens is 2. The molecule has 1 aliphatic heterocycles. The predicted molar refractivity (Wildman–Crippen MR) is 112 cm³/mol. The number of hydrogen-bond donors (Lipinski definition) is 6.